The maximum atomic E-state index is 14.5. The van der Waals surface area contributed by atoms with E-state index in [0.29, 0.717) is 45.3 Å². The van der Waals surface area contributed by atoms with Crippen molar-refractivity contribution >= 4 is 35.4 Å². The van der Waals surface area contributed by atoms with Crippen molar-refractivity contribution in [2.24, 2.45) is 16.2 Å². The molecule has 3 aliphatic rings. The van der Waals surface area contributed by atoms with Crippen LogP contribution in [0.25, 0.3) is 0 Å². The Labute approximate surface area is 293 Å². The number of ketones is 1. The summed E-state index contributed by atoms with van der Waals surface area (Å²) >= 11 is 0. The number of hydrogen-bond donors (Lipinski definition) is 4. The highest BCUT2D eigenvalue weighted by atomic mass is 16.2. The quantitative estimate of drug-likeness (QED) is 0.161. The lowest BCUT2D eigenvalue weighted by Crippen LogP contribution is -2.63. The predicted octanol–water partition coefficient (Wildman–Crippen LogP) is 3.84. The first-order valence-electron chi connectivity index (χ1n) is 18.3. The van der Waals surface area contributed by atoms with Gasteiger partial charge in [-0.15, -0.1) is 6.58 Å². The number of amides is 6. The van der Waals surface area contributed by atoms with E-state index >= 15 is 0 Å². The SMILES string of the molecule is C=CCNC(=O)C(=O)C(CCC)NC(=O)[C@@H]1CCCN1C(=O)[C@@H](NC(=O)N[C@H](CN1CCC(C)(C)CC1=O)C(C)(C)C)C1(C)CCCCC1. The average Bonchev–Trinajstić information content (AvgIpc) is 3.52. The summed E-state index contributed by atoms with van der Waals surface area (Å²) in [5.74, 6) is -2.25. The molecule has 1 saturated carbocycles. The summed E-state index contributed by atoms with van der Waals surface area (Å²) in [6, 6.07) is -3.56. The van der Waals surface area contributed by atoms with E-state index in [4.69, 9.17) is 0 Å². The first kappa shape index (κ1) is 40.0. The molecule has 2 aliphatic heterocycles. The van der Waals surface area contributed by atoms with E-state index in [-0.39, 0.29) is 41.7 Å². The van der Waals surface area contributed by atoms with Crippen LogP contribution in [-0.2, 0) is 24.0 Å². The minimum atomic E-state index is -1.01. The van der Waals surface area contributed by atoms with Gasteiger partial charge in [-0.25, -0.2) is 4.79 Å². The average molecular weight is 687 g/mol. The number of carbonyl (C=O) groups is 6. The predicted molar refractivity (Wildman–Crippen MR) is 189 cm³/mol. The largest absolute Gasteiger partial charge is 0.346 e. The van der Waals surface area contributed by atoms with Crippen molar-refractivity contribution in [2.75, 3.05) is 26.2 Å². The number of Topliss-reactive ketones (excluding diaryl/α,β-unsaturated/α-hetero) is 1. The van der Waals surface area contributed by atoms with Crippen LogP contribution < -0.4 is 21.3 Å². The fourth-order valence-corrected chi connectivity index (χ4v) is 7.34. The minimum absolute atomic E-state index is 0.0462. The Morgan fingerprint density at radius 2 is 1.63 bits per heavy atom. The molecule has 0 radical (unpaired) electrons. The molecule has 276 valence electrons. The monoisotopic (exact) mass is 686 g/mol. The lowest BCUT2D eigenvalue weighted by Gasteiger charge is -2.43. The molecule has 3 rings (SSSR count). The van der Waals surface area contributed by atoms with Crippen LogP contribution in [0.3, 0.4) is 0 Å². The number of likely N-dealkylation sites (tertiary alicyclic amines) is 2. The van der Waals surface area contributed by atoms with Gasteiger partial charge in [-0.05, 0) is 54.8 Å². The van der Waals surface area contributed by atoms with Gasteiger partial charge in [0.1, 0.15) is 12.1 Å². The van der Waals surface area contributed by atoms with Crippen molar-refractivity contribution < 1.29 is 28.8 Å². The summed E-state index contributed by atoms with van der Waals surface area (Å²) in [4.78, 5) is 83.6. The second-order valence-corrected chi connectivity index (χ2v) is 16.5. The molecule has 0 spiro atoms. The molecule has 1 unspecified atom stereocenters. The highest BCUT2D eigenvalue weighted by Crippen LogP contribution is 2.40. The van der Waals surface area contributed by atoms with Gasteiger partial charge in [0.2, 0.25) is 23.5 Å². The van der Waals surface area contributed by atoms with Crippen LogP contribution in [0.15, 0.2) is 12.7 Å². The molecular weight excluding hydrogens is 624 g/mol. The Morgan fingerprint density at radius 1 is 0.959 bits per heavy atom. The third kappa shape index (κ3) is 10.8. The number of piperidine rings is 1. The van der Waals surface area contributed by atoms with E-state index in [2.05, 4.69) is 41.7 Å². The van der Waals surface area contributed by atoms with Gasteiger partial charge in [-0.2, -0.15) is 0 Å². The fourth-order valence-electron chi connectivity index (χ4n) is 7.34. The third-order valence-electron chi connectivity index (χ3n) is 10.7. The summed E-state index contributed by atoms with van der Waals surface area (Å²) < 4.78 is 0. The topological polar surface area (TPSA) is 157 Å². The zero-order valence-electron chi connectivity index (χ0n) is 31.0. The van der Waals surface area contributed by atoms with Gasteiger partial charge in [0.15, 0.2) is 0 Å². The van der Waals surface area contributed by atoms with Crippen molar-refractivity contribution in [1.29, 1.82) is 0 Å². The molecule has 12 nitrogen and oxygen atoms in total. The minimum Gasteiger partial charge on any atom is -0.346 e. The Morgan fingerprint density at radius 3 is 2.22 bits per heavy atom. The second-order valence-electron chi connectivity index (χ2n) is 16.5. The molecule has 6 amide bonds. The van der Waals surface area contributed by atoms with Crippen molar-refractivity contribution in [3.63, 3.8) is 0 Å². The lowest BCUT2D eigenvalue weighted by molar-refractivity contribution is -0.144. The van der Waals surface area contributed by atoms with Crippen LogP contribution >= 0.6 is 0 Å². The van der Waals surface area contributed by atoms with E-state index in [1.54, 1.807) is 4.90 Å². The fraction of sp³-hybridized carbons (Fsp3) is 0.784. The number of nitrogens with one attached hydrogen (secondary N) is 4. The van der Waals surface area contributed by atoms with Crippen molar-refractivity contribution in [2.45, 2.75) is 143 Å². The Balaban J connectivity index is 1.79. The van der Waals surface area contributed by atoms with Gasteiger partial charge in [0.25, 0.3) is 5.91 Å². The molecule has 4 atom stereocenters. The number of rotatable bonds is 14. The first-order chi connectivity index (χ1) is 22.9. The van der Waals surface area contributed by atoms with Crippen LogP contribution in [0.2, 0.25) is 0 Å². The van der Waals surface area contributed by atoms with E-state index in [9.17, 15) is 28.8 Å². The van der Waals surface area contributed by atoms with Crippen LogP contribution in [0, 0.1) is 16.2 Å². The maximum Gasteiger partial charge on any atom is 0.315 e. The van der Waals surface area contributed by atoms with Crippen molar-refractivity contribution in [3.05, 3.63) is 12.7 Å². The molecule has 12 heteroatoms. The normalized spacial score (nSPS) is 22.3. The van der Waals surface area contributed by atoms with Crippen molar-refractivity contribution in [3.8, 4) is 0 Å². The van der Waals surface area contributed by atoms with E-state index < -0.39 is 47.2 Å². The van der Waals surface area contributed by atoms with Gasteiger partial charge in [-0.1, -0.05) is 80.2 Å². The number of nitrogens with zero attached hydrogens (tertiary/aromatic N) is 2. The lowest BCUT2D eigenvalue weighted by atomic mass is 9.70. The van der Waals surface area contributed by atoms with Crippen LogP contribution in [0.5, 0.6) is 0 Å². The Hall–Kier alpha value is -3.44. The maximum absolute atomic E-state index is 14.5. The molecule has 1 aliphatic carbocycles. The van der Waals surface area contributed by atoms with E-state index in [0.717, 1.165) is 38.5 Å². The third-order valence-corrected chi connectivity index (χ3v) is 10.7. The van der Waals surface area contributed by atoms with E-state index in [1.807, 2.05) is 39.5 Å². The van der Waals surface area contributed by atoms with Crippen LogP contribution in [0.4, 0.5) is 4.79 Å². The molecule has 0 aromatic rings. The standard InChI is InChI=1S/C37H62N6O6/c1-9-15-25(29(45)32(47)38-20-10-2)39-31(46)26-16-14-21-43(26)33(48)30(37(8)17-12-11-13-18-37)41-34(49)40-27(35(3,4)5)24-42-22-19-36(6,7)23-28(42)44/h10,25-27,30H,2,9,11-24H2,1,3-8H3,(H,38,47)(H,39,46)(H2,40,41,49)/t25?,26-,27+,30+/m0/s1. The van der Waals surface area contributed by atoms with Gasteiger partial charge < -0.3 is 31.1 Å². The Bertz CT molecular complexity index is 1240. The summed E-state index contributed by atoms with van der Waals surface area (Å²) in [6.07, 6.45) is 9.10. The number of carbonyl (C=O) groups excluding carboxylic acids is 6. The first-order valence-corrected chi connectivity index (χ1v) is 18.3. The molecule has 2 saturated heterocycles. The van der Waals surface area contributed by atoms with Gasteiger partial charge in [0.05, 0.1) is 12.1 Å². The summed E-state index contributed by atoms with van der Waals surface area (Å²) in [5.41, 5.74) is -0.937. The van der Waals surface area contributed by atoms with E-state index in [1.165, 1.54) is 6.08 Å². The molecular formula is C37H62N6O6. The summed E-state index contributed by atoms with van der Waals surface area (Å²) in [7, 11) is 0. The zero-order valence-corrected chi connectivity index (χ0v) is 31.0. The van der Waals surface area contributed by atoms with Crippen LogP contribution in [0.1, 0.15) is 119 Å². The number of hydrogen-bond acceptors (Lipinski definition) is 6. The van der Waals surface area contributed by atoms with Crippen LogP contribution in [-0.4, -0.2) is 95.6 Å². The number of urea groups is 1. The van der Waals surface area contributed by atoms with Gasteiger partial charge >= 0.3 is 6.03 Å². The molecule has 4 N–H and O–H groups in total. The van der Waals surface area contributed by atoms with Gasteiger partial charge in [-0.3, -0.25) is 24.0 Å². The summed E-state index contributed by atoms with van der Waals surface area (Å²) in [5, 5.41) is 11.4. The zero-order chi connectivity index (χ0) is 36.6. The second kappa shape index (κ2) is 17.0. The molecule has 49 heavy (non-hydrogen) atoms. The Kier molecular flexibility index (Phi) is 13.9. The molecule has 0 bridgehead atoms. The summed E-state index contributed by atoms with van der Waals surface area (Å²) in [6.45, 7) is 19.2. The smallest absolute Gasteiger partial charge is 0.315 e. The van der Waals surface area contributed by atoms with Crippen molar-refractivity contribution in [1.82, 2.24) is 31.1 Å². The van der Waals surface area contributed by atoms with Gasteiger partial charge in [0, 0.05) is 32.6 Å². The molecule has 0 aromatic heterocycles. The molecule has 0 aromatic carbocycles. The highest BCUT2D eigenvalue weighted by Gasteiger charge is 2.47. The molecule has 2 heterocycles. The molecule has 3 fully saturated rings. The highest BCUT2D eigenvalue weighted by molar-refractivity contribution is 6.38.